The molecule has 2 heteroatoms. The zero-order valence-electron chi connectivity index (χ0n) is 13.3. The van der Waals surface area contributed by atoms with Crippen molar-refractivity contribution in [2.24, 2.45) is 0 Å². The average molecular weight is 286 g/mol. The number of rotatable bonds is 9. The molecule has 0 heterocycles. The molecule has 0 aliphatic heterocycles. The molecule has 0 bridgehead atoms. The van der Waals surface area contributed by atoms with E-state index in [1.54, 1.807) is 6.08 Å². The molecule has 1 rings (SSSR count). The lowest BCUT2D eigenvalue weighted by molar-refractivity contribution is -0.0548. The van der Waals surface area contributed by atoms with Crippen LogP contribution in [-0.2, 0) is 4.74 Å². The third-order valence-electron chi connectivity index (χ3n) is 3.29. The summed E-state index contributed by atoms with van der Waals surface area (Å²) in [5.74, 6) is 1.42. The molecule has 114 valence electrons. The molecule has 1 aromatic rings. The Labute approximate surface area is 128 Å². The highest BCUT2D eigenvalue weighted by molar-refractivity contribution is 5.29. The fourth-order valence-electron chi connectivity index (χ4n) is 1.80. The Bertz CT molecular complexity index is 457. The van der Waals surface area contributed by atoms with Gasteiger partial charge in [-0.1, -0.05) is 62.9 Å². The number of hydrogen-bond donors (Lipinski definition) is 0. The highest BCUT2D eigenvalue weighted by atomic mass is 16.7. The minimum atomic E-state index is -0.271. The average Bonchev–Trinajstić information content (AvgIpc) is 2.50. The topological polar surface area (TPSA) is 18.5 Å². The van der Waals surface area contributed by atoms with E-state index in [9.17, 15) is 0 Å². The molecular formula is C19H26O2. The summed E-state index contributed by atoms with van der Waals surface area (Å²) < 4.78 is 11.3. The van der Waals surface area contributed by atoms with Gasteiger partial charge in [-0.3, -0.25) is 0 Å². The van der Waals surface area contributed by atoms with Crippen molar-refractivity contribution in [3.8, 4) is 5.75 Å². The Balaban J connectivity index is 2.37. The SMILES string of the molecule is C=C/C=C\C=C\COC(C)Oc1ccc(C(C)CC)cc1. The summed E-state index contributed by atoms with van der Waals surface area (Å²) in [5, 5.41) is 0. The minimum Gasteiger partial charge on any atom is -0.465 e. The number of benzene rings is 1. The third kappa shape index (κ3) is 6.96. The van der Waals surface area contributed by atoms with Crippen molar-refractivity contribution >= 4 is 0 Å². The lowest BCUT2D eigenvalue weighted by atomic mass is 9.99. The van der Waals surface area contributed by atoms with Gasteiger partial charge < -0.3 is 9.47 Å². The van der Waals surface area contributed by atoms with Crippen LogP contribution in [0.5, 0.6) is 5.75 Å². The maximum absolute atomic E-state index is 5.72. The van der Waals surface area contributed by atoms with Crippen molar-refractivity contribution in [2.45, 2.75) is 39.4 Å². The molecule has 0 spiro atoms. The zero-order chi connectivity index (χ0) is 15.5. The van der Waals surface area contributed by atoms with Crippen molar-refractivity contribution in [1.82, 2.24) is 0 Å². The Morgan fingerprint density at radius 2 is 1.81 bits per heavy atom. The summed E-state index contributed by atoms with van der Waals surface area (Å²) in [5.41, 5.74) is 1.34. The van der Waals surface area contributed by atoms with Crippen LogP contribution in [0.3, 0.4) is 0 Å². The molecule has 0 amide bonds. The van der Waals surface area contributed by atoms with E-state index in [1.165, 1.54) is 5.56 Å². The second-order valence-corrected chi connectivity index (χ2v) is 4.95. The van der Waals surface area contributed by atoms with E-state index < -0.39 is 0 Å². The molecule has 0 N–H and O–H groups in total. The third-order valence-corrected chi connectivity index (χ3v) is 3.29. The van der Waals surface area contributed by atoms with E-state index >= 15 is 0 Å². The summed E-state index contributed by atoms with van der Waals surface area (Å²) >= 11 is 0. The van der Waals surface area contributed by atoms with E-state index in [-0.39, 0.29) is 6.29 Å². The molecule has 2 atom stereocenters. The molecule has 0 fully saturated rings. The van der Waals surface area contributed by atoms with Gasteiger partial charge in [0.1, 0.15) is 5.75 Å². The summed E-state index contributed by atoms with van der Waals surface area (Å²) in [6.45, 7) is 10.5. The van der Waals surface area contributed by atoms with E-state index in [0.717, 1.165) is 12.2 Å². The van der Waals surface area contributed by atoms with E-state index in [4.69, 9.17) is 9.47 Å². The fraction of sp³-hybridized carbons (Fsp3) is 0.368. The van der Waals surface area contributed by atoms with Crippen LogP contribution in [0.15, 0.2) is 61.2 Å². The van der Waals surface area contributed by atoms with Crippen LogP contribution in [0.1, 0.15) is 38.7 Å². The predicted octanol–water partition coefficient (Wildman–Crippen LogP) is 5.24. The molecule has 1 aromatic carbocycles. The van der Waals surface area contributed by atoms with Crippen LogP contribution in [0.25, 0.3) is 0 Å². The first kappa shape index (κ1) is 17.3. The van der Waals surface area contributed by atoms with Gasteiger partial charge in [0.25, 0.3) is 0 Å². The molecule has 0 radical (unpaired) electrons. The number of ether oxygens (including phenoxy) is 2. The van der Waals surface area contributed by atoms with E-state index in [0.29, 0.717) is 12.5 Å². The van der Waals surface area contributed by atoms with Gasteiger partial charge in [-0.25, -0.2) is 0 Å². The van der Waals surface area contributed by atoms with Gasteiger partial charge in [-0.2, -0.15) is 0 Å². The molecule has 0 saturated heterocycles. The second-order valence-electron chi connectivity index (χ2n) is 4.95. The quantitative estimate of drug-likeness (QED) is 0.456. The number of hydrogen-bond acceptors (Lipinski definition) is 2. The lowest BCUT2D eigenvalue weighted by Gasteiger charge is -2.15. The van der Waals surface area contributed by atoms with Crippen LogP contribution in [0.4, 0.5) is 0 Å². The van der Waals surface area contributed by atoms with Crippen LogP contribution < -0.4 is 4.74 Å². The van der Waals surface area contributed by atoms with Gasteiger partial charge in [0.15, 0.2) is 6.29 Å². The van der Waals surface area contributed by atoms with Crippen molar-refractivity contribution in [1.29, 1.82) is 0 Å². The smallest absolute Gasteiger partial charge is 0.197 e. The monoisotopic (exact) mass is 286 g/mol. The fourth-order valence-corrected chi connectivity index (χ4v) is 1.80. The molecule has 2 nitrogen and oxygen atoms in total. The van der Waals surface area contributed by atoms with Gasteiger partial charge in [0.05, 0.1) is 6.61 Å². The van der Waals surface area contributed by atoms with Crippen molar-refractivity contribution in [2.75, 3.05) is 6.61 Å². The lowest BCUT2D eigenvalue weighted by Crippen LogP contribution is -2.16. The standard InChI is InChI=1S/C19H26O2/c1-5-7-8-9-10-15-20-17(4)21-19-13-11-18(12-14-19)16(3)6-2/h5,7-14,16-17H,1,6,15H2,2-4H3/b8-7-,10-9+. The van der Waals surface area contributed by atoms with Crippen molar-refractivity contribution < 1.29 is 9.47 Å². The summed E-state index contributed by atoms with van der Waals surface area (Å²) in [6.07, 6.45) is 10.3. The summed E-state index contributed by atoms with van der Waals surface area (Å²) in [6, 6.07) is 8.25. The first-order valence-corrected chi connectivity index (χ1v) is 7.49. The summed E-state index contributed by atoms with van der Waals surface area (Å²) in [7, 11) is 0. The van der Waals surface area contributed by atoms with Gasteiger partial charge in [0.2, 0.25) is 0 Å². The van der Waals surface area contributed by atoms with Gasteiger partial charge >= 0.3 is 0 Å². The van der Waals surface area contributed by atoms with Crippen LogP contribution >= 0.6 is 0 Å². The highest BCUT2D eigenvalue weighted by Crippen LogP contribution is 2.22. The first-order valence-electron chi connectivity index (χ1n) is 7.49. The zero-order valence-corrected chi connectivity index (χ0v) is 13.3. The molecular weight excluding hydrogens is 260 g/mol. The number of allylic oxidation sites excluding steroid dienone is 4. The van der Waals surface area contributed by atoms with Gasteiger partial charge in [0, 0.05) is 0 Å². The predicted molar refractivity (Wildman–Crippen MR) is 89.7 cm³/mol. The van der Waals surface area contributed by atoms with Crippen molar-refractivity contribution in [3.63, 3.8) is 0 Å². The van der Waals surface area contributed by atoms with Crippen LogP contribution in [0.2, 0.25) is 0 Å². The Kier molecular flexibility index (Phi) is 8.22. The van der Waals surface area contributed by atoms with Gasteiger partial charge in [-0.15, -0.1) is 0 Å². The minimum absolute atomic E-state index is 0.271. The molecule has 2 unspecified atom stereocenters. The molecule has 21 heavy (non-hydrogen) atoms. The maximum Gasteiger partial charge on any atom is 0.197 e. The first-order chi connectivity index (χ1) is 10.2. The molecule has 0 aliphatic carbocycles. The Morgan fingerprint density at radius 1 is 1.10 bits per heavy atom. The normalized spacial score (nSPS) is 14.4. The van der Waals surface area contributed by atoms with E-state index in [2.05, 4.69) is 32.6 Å². The Hall–Kier alpha value is -1.80. The maximum atomic E-state index is 5.72. The van der Waals surface area contributed by atoms with E-state index in [1.807, 2.05) is 43.4 Å². The summed E-state index contributed by atoms with van der Waals surface area (Å²) in [4.78, 5) is 0. The second kappa shape index (κ2) is 10.0. The largest absolute Gasteiger partial charge is 0.465 e. The van der Waals surface area contributed by atoms with Gasteiger partial charge in [-0.05, 0) is 37.0 Å². The molecule has 0 saturated carbocycles. The Morgan fingerprint density at radius 3 is 2.43 bits per heavy atom. The van der Waals surface area contributed by atoms with Crippen molar-refractivity contribution in [3.05, 3.63) is 66.8 Å². The molecule has 0 aliphatic rings. The highest BCUT2D eigenvalue weighted by Gasteiger charge is 2.05. The van der Waals surface area contributed by atoms with Crippen LogP contribution in [-0.4, -0.2) is 12.9 Å². The molecule has 0 aromatic heterocycles. The van der Waals surface area contributed by atoms with Crippen LogP contribution in [0, 0.1) is 0 Å².